The highest BCUT2D eigenvalue weighted by Gasteiger charge is 2.17. The minimum absolute atomic E-state index is 0.412. The minimum Gasteiger partial charge on any atom is -0.480 e. The normalized spacial score (nSPS) is 12.5. The predicted octanol–water partition coefficient (Wildman–Crippen LogP) is 1.17. The van der Waals surface area contributed by atoms with Crippen molar-refractivity contribution in [2.24, 2.45) is 0 Å². The van der Waals surface area contributed by atoms with Crippen LogP contribution in [-0.2, 0) is 4.79 Å². The van der Waals surface area contributed by atoms with Crippen LogP contribution in [0.3, 0.4) is 0 Å². The van der Waals surface area contributed by atoms with Crippen LogP contribution in [0.4, 0.5) is 4.39 Å². The van der Waals surface area contributed by atoms with Gasteiger partial charge in [-0.25, -0.2) is 4.39 Å². The molecule has 0 bridgehead atoms. The van der Waals surface area contributed by atoms with E-state index in [1.54, 1.807) is 6.07 Å². The molecule has 0 fully saturated rings. The molecule has 0 saturated heterocycles. The third-order valence-corrected chi connectivity index (χ3v) is 1.72. The molecule has 13 heavy (non-hydrogen) atoms. The lowest BCUT2D eigenvalue weighted by Crippen LogP contribution is -2.24. The molecule has 70 valence electrons. The van der Waals surface area contributed by atoms with Crippen LogP contribution in [0.25, 0.3) is 0 Å². The second-order valence-corrected chi connectivity index (χ2v) is 2.61. The summed E-state index contributed by atoms with van der Waals surface area (Å²) >= 11 is 0. The molecule has 4 heteroatoms. The van der Waals surface area contributed by atoms with Gasteiger partial charge >= 0.3 is 5.97 Å². The van der Waals surface area contributed by atoms with Crippen LogP contribution >= 0.6 is 0 Å². The monoisotopic (exact) mass is 183 g/mol. The van der Waals surface area contributed by atoms with Gasteiger partial charge in [-0.2, -0.15) is 0 Å². The molecule has 0 amide bonds. The molecule has 0 aliphatic rings. The number of likely N-dealkylation sites (N-methyl/N-ethyl adjacent to an activating group) is 1. The molecule has 1 aromatic carbocycles. The summed E-state index contributed by atoms with van der Waals surface area (Å²) in [7, 11) is 1.52. The summed E-state index contributed by atoms with van der Waals surface area (Å²) in [5.41, 5.74) is 0.412. The Hall–Kier alpha value is -1.42. The van der Waals surface area contributed by atoms with Gasteiger partial charge in [0.05, 0.1) is 0 Å². The van der Waals surface area contributed by atoms with Crippen molar-refractivity contribution in [2.75, 3.05) is 7.05 Å². The summed E-state index contributed by atoms with van der Waals surface area (Å²) in [5.74, 6) is -1.45. The summed E-state index contributed by atoms with van der Waals surface area (Å²) in [6, 6.07) is 4.68. The van der Waals surface area contributed by atoms with Gasteiger partial charge in [0.15, 0.2) is 0 Å². The van der Waals surface area contributed by atoms with E-state index in [2.05, 4.69) is 5.32 Å². The number of hydrogen-bond acceptors (Lipinski definition) is 2. The van der Waals surface area contributed by atoms with Crippen molar-refractivity contribution in [3.8, 4) is 0 Å². The van der Waals surface area contributed by atoms with Gasteiger partial charge in [0.25, 0.3) is 0 Å². The maximum atomic E-state index is 12.7. The molecule has 0 aliphatic carbocycles. The summed E-state index contributed by atoms with van der Waals surface area (Å²) in [6.45, 7) is 0. The van der Waals surface area contributed by atoms with Crippen LogP contribution in [0.1, 0.15) is 11.6 Å². The molecular formula is C9H10FNO2. The second-order valence-electron chi connectivity index (χ2n) is 2.61. The van der Waals surface area contributed by atoms with Crippen LogP contribution < -0.4 is 5.32 Å². The van der Waals surface area contributed by atoms with Gasteiger partial charge in [-0.15, -0.1) is 0 Å². The largest absolute Gasteiger partial charge is 0.480 e. The van der Waals surface area contributed by atoms with Crippen molar-refractivity contribution in [3.63, 3.8) is 0 Å². The fraction of sp³-hybridized carbons (Fsp3) is 0.222. The third kappa shape index (κ3) is 2.26. The highest BCUT2D eigenvalue weighted by molar-refractivity contribution is 5.75. The molecule has 1 atom stereocenters. The van der Waals surface area contributed by atoms with E-state index in [1.165, 1.54) is 25.2 Å². The molecule has 0 saturated carbocycles. The number of rotatable bonds is 3. The van der Waals surface area contributed by atoms with Gasteiger partial charge in [0, 0.05) is 0 Å². The number of halogens is 1. The SMILES string of the molecule is CN[C@@H](C(=O)O)c1cccc(F)c1. The zero-order chi connectivity index (χ0) is 9.84. The smallest absolute Gasteiger partial charge is 0.325 e. The molecule has 3 nitrogen and oxygen atoms in total. The fourth-order valence-corrected chi connectivity index (χ4v) is 1.12. The molecule has 0 heterocycles. The molecule has 0 radical (unpaired) electrons. The Morgan fingerprint density at radius 1 is 1.62 bits per heavy atom. The Morgan fingerprint density at radius 3 is 2.77 bits per heavy atom. The lowest BCUT2D eigenvalue weighted by atomic mass is 10.1. The highest BCUT2D eigenvalue weighted by atomic mass is 19.1. The maximum absolute atomic E-state index is 12.7. The lowest BCUT2D eigenvalue weighted by molar-refractivity contribution is -0.139. The van der Waals surface area contributed by atoms with Crippen LogP contribution in [0.15, 0.2) is 24.3 Å². The number of carbonyl (C=O) groups is 1. The Kier molecular flexibility index (Phi) is 2.97. The molecular weight excluding hydrogens is 173 g/mol. The standard InChI is InChI=1S/C9H10FNO2/c1-11-8(9(12)13)6-3-2-4-7(10)5-6/h2-5,8,11H,1H3,(H,12,13)/t8-/m1/s1. The van der Waals surface area contributed by atoms with Gasteiger partial charge < -0.3 is 10.4 Å². The van der Waals surface area contributed by atoms with Crippen LogP contribution in [0.5, 0.6) is 0 Å². The Morgan fingerprint density at radius 2 is 2.31 bits per heavy atom. The van der Waals surface area contributed by atoms with Crippen LogP contribution in [0, 0.1) is 5.82 Å². The first kappa shape index (κ1) is 9.67. The van der Waals surface area contributed by atoms with Crippen LogP contribution in [0.2, 0.25) is 0 Å². The van der Waals surface area contributed by atoms with Crippen molar-refractivity contribution in [1.29, 1.82) is 0 Å². The Labute approximate surface area is 75.2 Å². The van der Waals surface area contributed by atoms with Crippen molar-refractivity contribution in [1.82, 2.24) is 5.32 Å². The van der Waals surface area contributed by atoms with Crippen molar-refractivity contribution >= 4 is 5.97 Å². The summed E-state index contributed by atoms with van der Waals surface area (Å²) in [4.78, 5) is 10.7. The second kappa shape index (κ2) is 4.00. The quantitative estimate of drug-likeness (QED) is 0.739. The Bertz CT molecular complexity index is 314. The van der Waals surface area contributed by atoms with E-state index in [0.717, 1.165) is 0 Å². The molecule has 0 spiro atoms. The molecule has 1 aromatic rings. The van der Waals surface area contributed by atoms with Gasteiger partial charge in [-0.1, -0.05) is 12.1 Å². The number of hydrogen-bond donors (Lipinski definition) is 2. The number of aliphatic carboxylic acids is 1. The van der Waals surface area contributed by atoms with E-state index < -0.39 is 17.8 Å². The maximum Gasteiger partial charge on any atom is 0.325 e. The van der Waals surface area contributed by atoms with Gasteiger partial charge in [0.1, 0.15) is 11.9 Å². The number of nitrogens with one attached hydrogen (secondary N) is 1. The zero-order valence-electron chi connectivity index (χ0n) is 7.12. The predicted molar refractivity (Wildman–Crippen MR) is 45.8 cm³/mol. The van der Waals surface area contributed by atoms with Crippen molar-refractivity contribution < 1.29 is 14.3 Å². The number of benzene rings is 1. The lowest BCUT2D eigenvalue weighted by Gasteiger charge is -2.10. The fourth-order valence-electron chi connectivity index (χ4n) is 1.12. The van der Waals surface area contributed by atoms with Crippen LogP contribution in [-0.4, -0.2) is 18.1 Å². The minimum atomic E-state index is -1.02. The van der Waals surface area contributed by atoms with Gasteiger partial charge in [-0.05, 0) is 24.7 Å². The Balaban J connectivity index is 2.98. The zero-order valence-corrected chi connectivity index (χ0v) is 7.12. The average molecular weight is 183 g/mol. The first-order valence-corrected chi connectivity index (χ1v) is 3.80. The van der Waals surface area contributed by atoms with Crippen molar-refractivity contribution in [2.45, 2.75) is 6.04 Å². The third-order valence-electron chi connectivity index (χ3n) is 1.72. The molecule has 0 aliphatic heterocycles. The van der Waals surface area contributed by atoms with E-state index in [0.29, 0.717) is 5.56 Å². The highest BCUT2D eigenvalue weighted by Crippen LogP contribution is 2.13. The van der Waals surface area contributed by atoms with E-state index >= 15 is 0 Å². The summed E-state index contributed by atoms with van der Waals surface area (Å²) in [5, 5.41) is 11.3. The summed E-state index contributed by atoms with van der Waals surface area (Å²) in [6.07, 6.45) is 0. The molecule has 0 unspecified atom stereocenters. The molecule has 2 N–H and O–H groups in total. The average Bonchev–Trinajstić information content (AvgIpc) is 2.04. The molecule has 1 rings (SSSR count). The summed E-state index contributed by atoms with van der Waals surface area (Å²) < 4.78 is 12.7. The first-order chi connectivity index (χ1) is 6.15. The van der Waals surface area contributed by atoms with E-state index in [1.807, 2.05) is 0 Å². The van der Waals surface area contributed by atoms with E-state index in [4.69, 9.17) is 5.11 Å². The number of carboxylic acid groups (broad SMARTS) is 1. The van der Waals surface area contributed by atoms with E-state index in [9.17, 15) is 9.18 Å². The molecule has 0 aromatic heterocycles. The van der Waals surface area contributed by atoms with Gasteiger partial charge in [0.2, 0.25) is 0 Å². The van der Waals surface area contributed by atoms with E-state index in [-0.39, 0.29) is 0 Å². The van der Waals surface area contributed by atoms with Crippen molar-refractivity contribution in [3.05, 3.63) is 35.6 Å². The topological polar surface area (TPSA) is 49.3 Å². The number of carboxylic acids is 1. The first-order valence-electron chi connectivity index (χ1n) is 3.80. The van der Waals surface area contributed by atoms with Gasteiger partial charge in [-0.3, -0.25) is 4.79 Å².